The van der Waals surface area contributed by atoms with Gasteiger partial charge in [-0.3, -0.25) is 9.59 Å². The van der Waals surface area contributed by atoms with Gasteiger partial charge in [0, 0.05) is 25.1 Å². The number of piperazine rings is 1. The van der Waals surface area contributed by atoms with E-state index in [9.17, 15) is 18.0 Å². The highest BCUT2D eigenvalue weighted by Crippen LogP contribution is 2.21. The van der Waals surface area contributed by atoms with Crippen LogP contribution in [0.2, 0.25) is 0 Å². The molecule has 6 nitrogen and oxygen atoms in total. The second-order valence-electron chi connectivity index (χ2n) is 4.89. The van der Waals surface area contributed by atoms with Gasteiger partial charge in [-0.1, -0.05) is 19.1 Å². The number of sulfonamides is 1. The normalized spacial score (nSPS) is 20.1. The van der Waals surface area contributed by atoms with Gasteiger partial charge in [-0.2, -0.15) is 4.31 Å². The number of nitrogens with one attached hydrogen (secondary N) is 1. The average Bonchev–Trinajstić information content (AvgIpc) is 2.49. The quantitative estimate of drug-likeness (QED) is 0.833. The van der Waals surface area contributed by atoms with Gasteiger partial charge in [0.15, 0.2) is 5.78 Å². The third-order valence-electron chi connectivity index (χ3n) is 3.53. The molecular weight excluding hydrogens is 292 g/mol. The molecule has 1 aromatic carbocycles. The third-order valence-corrected chi connectivity index (χ3v) is 5.49. The van der Waals surface area contributed by atoms with E-state index in [1.165, 1.54) is 16.4 Å². The second-order valence-corrected chi connectivity index (χ2v) is 6.78. The minimum Gasteiger partial charge on any atom is -0.353 e. The van der Waals surface area contributed by atoms with Crippen LogP contribution >= 0.6 is 0 Å². The van der Waals surface area contributed by atoms with E-state index in [1.54, 1.807) is 26.0 Å². The van der Waals surface area contributed by atoms with E-state index in [1.807, 2.05) is 0 Å². The Labute approximate surface area is 124 Å². The predicted octanol–water partition coefficient (Wildman–Crippen LogP) is 0.788. The number of rotatable bonds is 4. The van der Waals surface area contributed by atoms with E-state index in [0.29, 0.717) is 12.0 Å². The fourth-order valence-corrected chi connectivity index (χ4v) is 3.90. The largest absolute Gasteiger partial charge is 0.353 e. The lowest BCUT2D eigenvalue weighted by molar-refractivity contribution is -0.126. The van der Waals surface area contributed by atoms with Crippen LogP contribution in [-0.2, 0) is 14.8 Å². The Morgan fingerprint density at radius 2 is 2.14 bits per heavy atom. The van der Waals surface area contributed by atoms with Crippen LogP contribution in [-0.4, -0.2) is 43.5 Å². The standard InChI is InChI=1S/C14H18N2O4S/c1-3-13(17)11-5-4-6-12(9-11)21(19,20)16-8-7-15-14(18)10(16)2/h4-6,9-10H,3,7-8H2,1-2H3,(H,15,18). The summed E-state index contributed by atoms with van der Waals surface area (Å²) in [4.78, 5) is 23.4. The molecule has 21 heavy (non-hydrogen) atoms. The molecule has 0 spiro atoms. The van der Waals surface area contributed by atoms with Crippen LogP contribution in [0.3, 0.4) is 0 Å². The molecule has 1 saturated heterocycles. The highest BCUT2D eigenvalue weighted by Gasteiger charge is 2.35. The van der Waals surface area contributed by atoms with Gasteiger partial charge in [0.1, 0.15) is 6.04 Å². The number of carbonyl (C=O) groups excluding carboxylic acids is 2. The zero-order chi connectivity index (χ0) is 15.6. The van der Waals surface area contributed by atoms with Crippen LogP contribution < -0.4 is 5.32 Å². The van der Waals surface area contributed by atoms with Crippen molar-refractivity contribution in [1.29, 1.82) is 0 Å². The lowest BCUT2D eigenvalue weighted by atomic mass is 10.1. The highest BCUT2D eigenvalue weighted by atomic mass is 32.2. The van der Waals surface area contributed by atoms with Crippen LogP contribution in [0.25, 0.3) is 0 Å². The van der Waals surface area contributed by atoms with E-state index in [-0.39, 0.29) is 29.7 Å². The first kappa shape index (κ1) is 15.7. The number of carbonyl (C=O) groups is 2. The number of Topliss-reactive ketones (excluding diaryl/α,β-unsaturated/α-hetero) is 1. The van der Waals surface area contributed by atoms with Crippen molar-refractivity contribution in [1.82, 2.24) is 9.62 Å². The summed E-state index contributed by atoms with van der Waals surface area (Å²) in [5.41, 5.74) is 0.368. The number of amides is 1. The molecule has 0 saturated carbocycles. The molecule has 114 valence electrons. The van der Waals surface area contributed by atoms with Crippen molar-refractivity contribution in [2.75, 3.05) is 13.1 Å². The third kappa shape index (κ3) is 2.98. The van der Waals surface area contributed by atoms with Gasteiger partial charge in [-0.15, -0.1) is 0 Å². The fourth-order valence-electron chi connectivity index (χ4n) is 2.26. The average molecular weight is 310 g/mol. The fraction of sp³-hybridized carbons (Fsp3) is 0.429. The Balaban J connectivity index is 2.40. The topological polar surface area (TPSA) is 83.6 Å². The summed E-state index contributed by atoms with van der Waals surface area (Å²) >= 11 is 0. The maximum atomic E-state index is 12.6. The highest BCUT2D eigenvalue weighted by molar-refractivity contribution is 7.89. The molecule has 1 fully saturated rings. The van der Waals surface area contributed by atoms with E-state index in [2.05, 4.69) is 5.32 Å². The predicted molar refractivity (Wildman–Crippen MR) is 77.4 cm³/mol. The summed E-state index contributed by atoms with van der Waals surface area (Å²) in [5, 5.41) is 2.62. The van der Waals surface area contributed by atoms with Crippen molar-refractivity contribution in [3.63, 3.8) is 0 Å². The SMILES string of the molecule is CCC(=O)c1cccc(S(=O)(=O)N2CCNC(=O)C2C)c1. The molecule has 1 aliphatic heterocycles. The number of benzene rings is 1. The molecule has 1 unspecified atom stereocenters. The van der Waals surface area contributed by atoms with Crippen molar-refractivity contribution in [2.24, 2.45) is 0 Å². The number of ketones is 1. The summed E-state index contributed by atoms with van der Waals surface area (Å²) < 4.78 is 26.4. The van der Waals surface area contributed by atoms with Crippen molar-refractivity contribution >= 4 is 21.7 Å². The smallest absolute Gasteiger partial charge is 0.243 e. The zero-order valence-corrected chi connectivity index (χ0v) is 12.8. The first-order valence-electron chi connectivity index (χ1n) is 6.80. The second kappa shape index (κ2) is 5.95. The van der Waals surface area contributed by atoms with Gasteiger partial charge in [-0.05, 0) is 19.1 Å². The van der Waals surface area contributed by atoms with Crippen LogP contribution in [0.1, 0.15) is 30.6 Å². The molecule has 2 rings (SSSR count). The Hall–Kier alpha value is -1.73. The van der Waals surface area contributed by atoms with Crippen LogP contribution in [0, 0.1) is 0 Å². The Morgan fingerprint density at radius 1 is 1.43 bits per heavy atom. The summed E-state index contributed by atoms with van der Waals surface area (Å²) in [5.74, 6) is -0.429. The monoisotopic (exact) mass is 310 g/mol. The van der Waals surface area contributed by atoms with Gasteiger partial charge >= 0.3 is 0 Å². The lowest BCUT2D eigenvalue weighted by Crippen LogP contribution is -2.55. The molecule has 0 aliphatic carbocycles. The van der Waals surface area contributed by atoms with Gasteiger partial charge in [0.25, 0.3) is 0 Å². The molecular formula is C14H18N2O4S. The van der Waals surface area contributed by atoms with Crippen molar-refractivity contribution in [3.8, 4) is 0 Å². The molecule has 1 aliphatic rings. The minimum absolute atomic E-state index is 0.0448. The van der Waals surface area contributed by atoms with Crippen molar-refractivity contribution in [3.05, 3.63) is 29.8 Å². The van der Waals surface area contributed by atoms with Crippen LogP contribution in [0.5, 0.6) is 0 Å². The van der Waals surface area contributed by atoms with Crippen LogP contribution in [0.15, 0.2) is 29.2 Å². The van der Waals surface area contributed by atoms with Gasteiger partial charge < -0.3 is 5.32 Å². The molecule has 1 atom stereocenters. The molecule has 7 heteroatoms. The van der Waals surface area contributed by atoms with Crippen molar-refractivity contribution < 1.29 is 18.0 Å². The molecule has 1 N–H and O–H groups in total. The molecule has 1 amide bonds. The van der Waals surface area contributed by atoms with Gasteiger partial charge in [0.2, 0.25) is 15.9 Å². The Morgan fingerprint density at radius 3 is 2.81 bits per heavy atom. The molecule has 0 aromatic heterocycles. The lowest BCUT2D eigenvalue weighted by Gasteiger charge is -2.31. The zero-order valence-electron chi connectivity index (χ0n) is 12.0. The first-order valence-corrected chi connectivity index (χ1v) is 8.24. The van der Waals surface area contributed by atoms with E-state index in [4.69, 9.17) is 0 Å². The molecule has 0 bridgehead atoms. The number of nitrogens with zero attached hydrogens (tertiary/aromatic N) is 1. The van der Waals surface area contributed by atoms with E-state index < -0.39 is 16.1 Å². The van der Waals surface area contributed by atoms with Crippen molar-refractivity contribution in [2.45, 2.75) is 31.2 Å². The number of hydrogen-bond donors (Lipinski definition) is 1. The maximum Gasteiger partial charge on any atom is 0.243 e. The summed E-state index contributed by atoms with van der Waals surface area (Å²) in [7, 11) is -3.79. The Bertz CT molecular complexity index is 669. The molecule has 1 heterocycles. The minimum atomic E-state index is -3.79. The summed E-state index contributed by atoms with van der Waals surface area (Å²) in [6.07, 6.45) is 0.312. The van der Waals surface area contributed by atoms with Gasteiger partial charge in [0.05, 0.1) is 4.90 Å². The van der Waals surface area contributed by atoms with Crippen LogP contribution in [0.4, 0.5) is 0 Å². The summed E-state index contributed by atoms with van der Waals surface area (Å²) in [6.45, 7) is 3.78. The van der Waals surface area contributed by atoms with E-state index in [0.717, 1.165) is 0 Å². The van der Waals surface area contributed by atoms with E-state index >= 15 is 0 Å². The van der Waals surface area contributed by atoms with Gasteiger partial charge in [-0.25, -0.2) is 8.42 Å². The summed E-state index contributed by atoms with van der Waals surface area (Å²) in [6, 6.07) is 5.21. The number of hydrogen-bond acceptors (Lipinski definition) is 4. The molecule has 0 radical (unpaired) electrons. The Kier molecular flexibility index (Phi) is 4.43. The molecule has 1 aromatic rings. The maximum absolute atomic E-state index is 12.6. The first-order chi connectivity index (χ1) is 9.87.